The molecule has 1 unspecified atom stereocenters. The first-order valence-corrected chi connectivity index (χ1v) is 6.30. The van der Waals surface area contributed by atoms with E-state index in [9.17, 15) is 4.79 Å². The van der Waals surface area contributed by atoms with Crippen molar-refractivity contribution in [2.45, 2.75) is 53.5 Å². The van der Waals surface area contributed by atoms with Crippen molar-refractivity contribution in [3.63, 3.8) is 0 Å². The van der Waals surface area contributed by atoms with Crippen molar-refractivity contribution in [2.75, 3.05) is 13.2 Å². The fourth-order valence-electron chi connectivity index (χ4n) is 1.08. The maximum absolute atomic E-state index is 11.5. The number of carbonyl (C=O) groups excluding carboxylic acids is 1. The summed E-state index contributed by atoms with van der Waals surface area (Å²) < 4.78 is 5.40. The van der Waals surface area contributed by atoms with Gasteiger partial charge in [0.1, 0.15) is 0 Å². The molecule has 0 aliphatic carbocycles. The lowest BCUT2D eigenvalue weighted by Gasteiger charge is -2.17. The predicted octanol–water partition coefficient (Wildman–Crippen LogP) is 2.60. The van der Waals surface area contributed by atoms with Gasteiger partial charge in [0.2, 0.25) is 5.91 Å². The molecule has 1 atom stereocenters. The number of rotatable bonds is 8. The number of hydrogen-bond donors (Lipinski definition) is 1. The van der Waals surface area contributed by atoms with E-state index in [0.717, 1.165) is 13.0 Å². The third-order valence-corrected chi connectivity index (χ3v) is 2.70. The average molecular weight is 229 g/mol. The van der Waals surface area contributed by atoms with Gasteiger partial charge in [0.15, 0.2) is 0 Å². The zero-order valence-corrected chi connectivity index (χ0v) is 11.4. The van der Waals surface area contributed by atoms with Gasteiger partial charge in [-0.15, -0.1) is 0 Å². The first kappa shape index (κ1) is 15.4. The molecule has 0 aliphatic rings. The molecule has 1 N–H and O–H groups in total. The van der Waals surface area contributed by atoms with E-state index in [1.807, 2.05) is 6.92 Å². The Morgan fingerprint density at radius 2 is 1.75 bits per heavy atom. The summed E-state index contributed by atoms with van der Waals surface area (Å²) in [7, 11) is 0. The monoisotopic (exact) mass is 229 g/mol. The second-order valence-corrected chi connectivity index (χ2v) is 5.15. The molecular weight excluding hydrogens is 202 g/mol. The van der Waals surface area contributed by atoms with Crippen molar-refractivity contribution < 1.29 is 9.53 Å². The quantitative estimate of drug-likeness (QED) is 0.650. The Bertz CT molecular complexity index is 190. The van der Waals surface area contributed by atoms with Gasteiger partial charge < -0.3 is 10.1 Å². The Labute approximate surface area is 99.9 Å². The zero-order chi connectivity index (χ0) is 12.6. The summed E-state index contributed by atoms with van der Waals surface area (Å²) in [6.07, 6.45) is 1.53. The molecule has 0 radical (unpaired) electrons. The van der Waals surface area contributed by atoms with Crippen molar-refractivity contribution >= 4 is 5.91 Å². The van der Waals surface area contributed by atoms with Crippen LogP contribution in [0.2, 0.25) is 0 Å². The topological polar surface area (TPSA) is 38.3 Å². The highest BCUT2D eigenvalue weighted by Gasteiger charge is 2.10. The van der Waals surface area contributed by atoms with Gasteiger partial charge in [-0.05, 0) is 25.2 Å². The minimum Gasteiger partial charge on any atom is -0.381 e. The summed E-state index contributed by atoms with van der Waals surface area (Å²) in [5.74, 6) is 1.23. The molecule has 0 heterocycles. The van der Waals surface area contributed by atoms with Gasteiger partial charge in [-0.3, -0.25) is 4.79 Å². The van der Waals surface area contributed by atoms with Crippen LogP contribution in [0.4, 0.5) is 0 Å². The number of hydrogen-bond acceptors (Lipinski definition) is 2. The molecule has 0 aromatic carbocycles. The van der Waals surface area contributed by atoms with Crippen LogP contribution < -0.4 is 5.32 Å². The van der Waals surface area contributed by atoms with Crippen LogP contribution in [0, 0.1) is 11.8 Å². The number of ether oxygens (including phenoxy) is 1. The fraction of sp³-hybridized carbons (Fsp3) is 0.923. The minimum atomic E-state index is 0.0887. The number of carbonyl (C=O) groups is 1. The van der Waals surface area contributed by atoms with E-state index in [1.165, 1.54) is 0 Å². The molecule has 1 amide bonds. The van der Waals surface area contributed by atoms with E-state index in [-0.39, 0.29) is 11.9 Å². The lowest BCUT2D eigenvalue weighted by atomic mass is 10.1. The maximum Gasteiger partial charge on any atom is 0.222 e. The standard InChI is InChI=1S/C13H27NO2/c1-10(2)6-8-16-9-7-13(15)14-12(5)11(3)4/h10-12H,6-9H2,1-5H3,(H,14,15). The van der Waals surface area contributed by atoms with Crippen LogP contribution in [0.25, 0.3) is 0 Å². The molecule has 0 aliphatic heterocycles. The molecular formula is C13H27NO2. The van der Waals surface area contributed by atoms with Gasteiger partial charge in [0.05, 0.1) is 6.61 Å². The molecule has 0 spiro atoms. The van der Waals surface area contributed by atoms with Gasteiger partial charge in [0, 0.05) is 19.1 Å². The summed E-state index contributed by atoms with van der Waals surface area (Å²) in [5.41, 5.74) is 0. The highest BCUT2D eigenvalue weighted by Crippen LogP contribution is 2.01. The summed E-state index contributed by atoms with van der Waals surface area (Å²) >= 11 is 0. The SMILES string of the molecule is CC(C)CCOCCC(=O)NC(C)C(C)C. The van der Waals surface area contributed by atoms with Crippen LogP contribution in [0.15, 0.2) is 0 Å². The summed E-state index contributed by atoms with van der Waals surface area (Å²) in [6.45, 7) is 11.9. The normalized spacial score (nSPS) is 13.2. The summed E-state index contributed by atoms with van der Waals surface area (Å²) in [6, 6.07) is 0.239. The van der Waals surface area contributed by atoms with Gasteiger partial charge in [0.25, 0.3) is 0 Å². The zero-order valence-electron chi connectivity index (χ0n) is 11.4. The van der Waals surface area contributed by atoms with Crippen molar-refractivity contribution in [1.29, 1.82) is 0 Å². The Hall–Kier alpha value is -0.570. The molecule has 0 saturated heterocycles. The first-order chi connectivity index (χ1) is 7.43. The Balaban J connectivity index is 3.44. The van der Waals surface area contributed by atoms with E-state index < -0.39 is 0 Å². The van der Waals surface area contributed by atoms with Crippen molar-refractivity contribution in [3.8, 4) is 0 Å². The van der Waals surface area contributed by atoms with E-state index in [2.05, 4.69) is 33.0 Å². The van der Waals surface area contributed by atoms with Crippen LogP contribution in [0.5, 0.6) is 0 Å². The molecule has 96 valence electrons. The van der Waals surface area contributed by atoms with E-state index in [0.29, 0.717) is 24.9 Å². The molecule has 0 aromatic heterocycles. The Kier molecular flexibility index (Phi) is 8.26. The molecule has 0 saturated carbocycles. The highest BCUT2D eigenvalue weighted by molar-refractivity contribution is 5.76. The van der Waals surface area contributed by atoms with Crippen LogP contribution >= 0.6 is 0 Å². The summed E-state index contributed by atoms with van der Waals surface area (Å²) in [5, 5.41) is 2.96. The molecule has 3 heteroatoms. The van der Waals surface area contributed by atoms with Crippen LogP contribution in [-0.2, 0) is 9.53 Å². The summed E-state index contributed by atoms with van der Waals surface area (Å²) in [4.78, 5) is 11.5. The second-order valence-electron chi connectivity index (χ2n) is 5.15. The third-order valence-electron chi connectivity index (χ3n) is 2.70. The van der Waals surface area contributed by atoms with Crippen LogP contribution in [0.1, 0.15) is 47.5 Å². The van der Waals surface area contributed by atoms with Gasteiger partial charge >= 0.3 is 0 Å². The lowest BCUT2D eigenvalue weighted by molar-refractivity contribution is -0.123. The number of nitrogens with one attached hydrogen (secondary N) is 1. The molecule has 16 heavy (non-hydrogen) atoms. The second kappa shape index (κ2) is 8.57. The molecule has 0 rings (SSSR count). The fourth-order valence-corrected chi connectivity index (χ4v) is 1.08. The van der Waals surface area contributed by atoms with Crippen molar-refractivity contribution in [2.24, 2.45) is 11.8 Å². The van der Waals surface area contributed by atoms with Crippen molar-refractivity contribution in [1.82, 2.24) is 5.32 Å². The van der Waals surface area contributed by atoms with Gasteiger partial charge in [-0.1, -0.05) is 27.7 Å². The Morgan fingerprint density at radius 3 is 2.25 bits per heavy atom. The minimum absolute atomic E-state index is 0.0887. The molecule has 0 fully saturated rings. The predicted molar refractivity (Wildman–Crippen MR) is 67.3 cm³/mol. The maximum atomic E-state index is 11.5. The van der Waals surface area contributed by atoms with Crippen molar-refractivity contribution in [3.05, 3.63) is 0 Å². The van der Waals surface area contributed by atoms with E-state index in [1.54, 1.807) is 0 Å². The van der Waals surface area contributed by atoms with Gasteiger partial charge in [-0.25, -0.2) is 0 Å². The largest absolute Gasteiger partial charge is 0.381 e. The van der Waals surface area contributed by atoms with E-state index in [4.69, 9.17) is 4.74 Å². The third kappa shape index (κ3) is 8.72. The van der Waals surface area contributed by atoms with Crippen LogP contribution in [0.3, 0.4) is 0 Å². The van der Waals surface area contributed by atoms with Gasteiger partial charge in [-0.2, -0.15) is 0 Å². The Morgan fingerprint density at radius 1 is 1.12 bits per heavy atom. The van der Waals surface area contributed by atoms with Crippen LogP contribution in [-0.4, -0.2) is 25.2 Å². The smallest absolute Gasteiger partial charge is 0.222 e. The molecule has 0 aromatic rings. The molecule has 3 nitrogen and oxygen atoms in total. The number of amides is 1. The average Bonchev–Trinajstić information content (AvgIpc) is 2.16. The first-order valence-electron chi connectivity index (χ1n) is 6.30. The molecule has 0 bridgehead atoms. The lowest BCUT2D eigenvalue weighted by Crippen LogP contribution is -2.36. The van der Waals surface area contributed by atoms with E-state index >= 15 is 0 Å². The highest BCUT2D eigenvalue weighted by atomic mass is 16.5.